The Bertz CT molecular complexity index is 668. The van der Waals surface area contributed by atoms with E-state index < -0.39 is 7.92 Å². The molecule has 0 atom stereocenters. The molecule has 0 aromatic heterocycles. The molecule has 1 nitrogen and oxygen atoms in total. The Morgan fingerprint density at radius 2 is 1.13 bits per heavy atom. The van der Waals surface area contributed by atoms with E-state index in [0.717, 1.165) is 13.0 Å². The van der Waals surface area contributed by atoms with E-state index in [1.807, 2.05) is 0 Å². The van der Waals surface area contributed by atoms with Crippen LogP contribution >= 0.6 is 7.92 Å². The van der Waals surface area contributed by atoms with Crippen LogP contribution in [0.1, 0.15) is 5.56 Å². The predicted molar refractivity (Wildman–Crippen MR) is 101 cm³/mol. The Hall–Kier alpha value is -1.95. The topological polar surface area (TPSA) is 9.23 Å². The van der Waals surface area contributed by atoms with Crippen LogP contribution < -0.4 is 15.9 Å². The van der Waals surface area contributed by atoms with Gasteiger partial charge in [-0.05, 0) is 35.8 Å². The lowest BCUT2D eigenvalue weighted by molar-refractivity contribution is 0.202. The number of methoxy groups -OCH3 is 1. The highest BCUT2D eigenvalue weighted by Gasteiger charge is 2.15. The molecule has 116 valence electrons. The molecule has 0 radical (unpaired) electrons. The molecule has 0 saturated carbocycles. The second kappa shape index (κ2) is 8.06. The van der Waals surface area contributed by atoms with E-state index >= 15 is 0 Å². The van der Waals surface area contributed by atoms with Crippen molar-refractivity contribution < 1.29 is 4.74 Å². The molecule has 23 heavy (non-hydrogen) atoms. The summed E-state index contributed by atoms with van der Waals surface area (Å²) in [5.41, 5.74) is 1.33. The van der Waals surface area contributed by atoms with Gasteiger partial charge in [0.1, 0.15) is 0 Å². The van der Waals surface area contributed by atoms with Gasteiger partial charge in [-0.15, -0.1) is 0 Å². The molecule has 0 aliphatic rings. The summed E-state index contributed by atoms with van der Waals surface area (Å²) in [5, 5.41) is 4.16. The van der Waals surface area contributed by atoms with Crippen molar-refractivity contribution in [2.45, 2.75) is 6.42 Å². The highest BCUT2D eigenvalue weighted by atomic mass is 31.1. The largest absolute Gasteiger partial charge is 0.384 e. The smallest absolute Gasteiger partial charge is 0.0502 e. The van der Waals surface area contributed by atoms with Gasteiger partial charge < -0.3 is 4.74 Å². The summed E-state index contributed by atoms with van der Waals surface area (Å²) < 4.78 is 5.17. The number of ether oxygens (including phenoxy) is 1. The van der Waals surface area contributed by atoms with E-state index in [2.05, 4.69) is 84.9 Å². The first-order chi connectivity index (χ1) is 11.4. The third-order valence-corrected chi connectivity index (χ3v) is 6.26. The van der Waals surface area contributed by atoms with Crippen molar-refractivity contribution >= 4 is 23.8 Å². The van der Waals surface area contributed by atoms with Gasteiger partial charge >= 0.3 is 0 Å². The molecule has 0 aliphatic heterocycles. The van der Waals surface area contributed by atoms with Gasteiger partial charge in [-0.1, -0.05) is 84.9 Å². The Kier molecular flexibility index (Phi) is 5.58. The third-order valence-electron chi connectivity index (χ3n) is 3.82. The molecule has 0 unspecified atom stereocenters. The summed E-state index contributed by atoms with van der Waals surface area (Å²) in [6, 6.07) is 30.6. The van der Waals surface area contributed by atoms with Gasteiger partial charge in [-0.2, -0.15) is 0 Å². The lowest BCUT2D eigenvalue weighted by Gasteiger charge is -2.19. The second-order valence-corrected chi connectivity index (χ2v) is 7.64. The van der Waals surface area contributed by atoms with Crippen LogP contribution in [0.4, 0.5) is 0 Å². The average molecular weight is 320 g/mol. The number of hydrogen-bond acceptors (Lipinski definition) is 1. The van der Waals surface area contributed by atoms with Crippen molar-refractivity contribution in [3.63, 3.8) is 0 Å². The lowest BCUT2D eigenvalue weighted by atomic mass is 10.2. The van der Waals surface area contributed by atoms with Crippen LogP contribution in [0.15, 0.2) is 84.9 Å². The van der Waals surface area contributed by atoms with Crippen molar-refractivity contribution in [3.05, 3.63) is 90.5 Å². The fraction of sp³-hybridized carbons (Fsp3) is 0.143. The second-order valence-electron chi connectivity index (χ2n) is 5.42. The van der Waals surface area contributed by atoms with Gasteiger partial charge in [0.2, 0.25) is 0 Å². The quantitative estimate of drug-likeness (QED) is 0.630. The first-order valence-electron chi connectivity index (χ1n) is 7.86. The van der Waals surface area contributed by atoms with E-state index in [9.17, 15) is 0 Å². The van der Waals surface area contributed by atoms with Gasteiger partial charge in [0, 0.05) is 7.11 Å². The maximum absolute atomic E-state index is 5.17. The zero-order valence-electron chi connectivity index (χ0n) is 13.4. The van der Waals surface area contributed by atoms with E-state index in [4.69, 9.17) is 4.74 Å². The average Bonchev–Trinajstić information content (AvgIpc) is 2.63. The minimum absolute atomic E-state index is 0.503. The summed E-state index contributed by atoms with van der Waals surface area (Å²) in [6.07, 6.45) is 0.964. The molecule has 3 aromatic rings. The minimum Gasteiger partial charge on any atom is -0.384 e. The first-order valence-corrected chi connectivity index (χ1v) is 9.21. The van der Waals surface area contributed by atoms with Gasteiger partial charge in [-0.25, -0.2) is 0 Å². The highest BCUT2D eigenvalue weighted by molar-refractivity contribution is 7.79. The van der Waals surface area contributed by atoms with Crippen LogP contribution in [0.3, 0.4) is 0 Å². The molecule has 0 N–H and O–H groups in total. The normalized spacial score (nSPS) is 10.9. The molecule has 3 rings (SSSR count). The number of rotatable bonds is 6. The maximum atomic E-state index is 5.17. The Labute approximate surface area is 139 Å². The molecule has 0 saturated heterocycles. The maximum Gasteiger partial charge on any atom is 0.0502 e. The fourth-order valence-electron chi connectivity index (χ4n) is 2.63. The van der Waals surface area contributed by atoms with E-state index in [0.29, 0.717) is 0 Å². The van der Waals surface area contributed by atoms with Gasteiger partial charge in [0.25, 0.3) is 0 Å². The van der Waals surface area contributed by atoms with Gasteiger partial charge in [0.05, 0.1) is 6.61 Å². The van der Waals surface area contributed by atoms with Crippen molar-refractivity contribution in [3.8, 4) is 0 Å². The van der Waals surface area contributed by atoms with Crippen LogP contribution in [0, 0.1) is 0 Å². The molecule has 2 heteroatoms. The molecular weight excluding hydrogens is 299 g/mol. The Morgan fingerprint density at radius 1 is 0.652 bits per heavy atom. The molecule has 0 amide bonds. The summed E-state index contributed by atoms with van der Waals surface area (Å²) in [6.45, 7) is 0.769. The standard InChI is InChI=1S/C21H21OP/c1-22-17-16-18-12-14-21(15-13-18)23(19-8-4-2-5-9-19)20-10-6-3-7-11-20/h2-15H,16-17H2,1H3. The van der Waals surface area contributed by atoms with Gasteiger partial charge in [-0.3, -0.25) is 0 Å². The summed E-state index contributed by atoms with van der Waals surface area (Å²) in [5.74, 6) is 0. The zero-order chi connectivity index (χ0) is 15.9. The van der Waals surface area contributed by atoms with E-state index in [1.54, 1.807) is 7.11 Å². The lowest BCUT2D eigenvalue weighted by Crippen LogP contribution is -2.20. The van der Waals surface area contributed by atoms with E-state index in [-0.39, 0.29) is 0 Å². The molecule has 0 aliphatic carbocycles. The molecule has 0 bridgehead atoms. The first kappa shape index (κ1) is 15.9. The Balaban J connectivity index is 1.96. The van der Waals surface area contributed by atoms with Crippen LogP contribution in [0.25, 0.3) is 0 Å². The Morgan fingerprint density at radius 3 is 1.61 bits per heavy atom. The summed E-state index contributed by atoms with van der Waals surface area (Å²) in [7, 11) is 1.25. The van der Waals surface area contributed by atoms with Crippen LogP contribution in [-0.2, 0) is 11.2 Å². The highest BCUT2D eigenvalue weighted by Crippen LogP contribution is 2.32. The third kappa shape index (κ3) is 4.07. The minimum atomic E-state index is -0.503. The van der Waals surface area contributed by atoms with E-state index in [1.165, 1.54) is 21.5 Å². The fourth-order valence-corrected chi connectivity index (χ4v) is 4.92. The number of hydrogen-bond donors (Lipinski definition) is 0. The van der Waals surface area contributed by atoms with Crippen molar-refractivity contribution in [1.29, 1.82) is 0 Å². The summed E-state index contributed by atoms with van der Waals surface area (Å²) in [4.78, 5) is 0. The molecular formula is C21H21OP. The molecule has 0 fully saturated rings. The van der Waals surface area contributed by atoms with Crippen LogP contribution in [0.5, 0.6) is 0 Å². The van der Waals surface area contributed by atoms with Crippen molar-refractivity contribution in [2.24, 2.45) is 0 Å². The number of benzene rings is 3. The predicted octanol–water partition coefficient (Wildman–Crippen LogP) is 3.63. The van der Waals surface area contributed by atoms with Crippen LogP contribution in [0.2, 0.25) is 0 Å². The molecule has 0 spiro atoms. The zero-order valence-corrected chi connectivity index (χ0v) is 14.2. The van der Waals surface area contributed by atoms with Crippen molar-refractivity contribution in [2.75, 3.05) is 13.7 Å². The van der Waals surface area contributed by atoms with Crippen molar-refractivity contribution in [1.82, 2.24) is 0 Å². The van der Waals surface area contributed by atoms with Gasteiger partial charge in [0.15, 0.2) is 0 Å². The SMILES string of the molecule is COCCc1ccc(P(c2ccccc2)c2ccccc2)cc1. The monoisotopic (exact) mass is 320 g/mol. The molecule has 0 heterocycles. The van der Waals surface area contributed by atoms with Crippen LogP contribution in [-0.4, -0.2) is 13.7 Å². The molecule has 3 aromatic carbocycles. The summed E-state index contributed by atoms with van der Waals surface area (Å²) >= 11 is 0.